The van der Waals surface area contributed by atoms with Crippen LogP contribution in [0.2, 0.25) is 0 Å². The summed E-state index contributed by atoms with van der Waals surface area (Å²) in [4.78, 5) is 26.0. The van der Waals surface area contributed by atoms with Gasteiger partial charge in [-0.05, 0) is 18.2 Å². The Labute approximate surface area is 137 Å². The predicted molar refractivity (Wildman–Crippen MR) is 83.9 cm³/mol. The van der Waals surface area contributed by atoms with Crippen LogP contribution in [-0.4, -0.2) is 15.4 Å². The number of halogens is 1. The number of fused-ring (bicyclic) bond motifs is 1. The molecule has 2 heterocycles. The van der Waals surface area contributed by atoms with Crippen LogP contribution < -0.4 is 4.80 Å². The van der Waals surface area contributed by atoms with Crippen molar-refractivity contribution in [3.63, 3.8) is 0 Å². The van der Waals surface area contributed by atoms with Gasteiger partial charge in [-0.1, -0.05) is 23.3 Å². The number of benzene rings is 1. The number of rotatable bonds is 3. The van der Waals surface area contributed by atoms with Crippen LogP contribution in [0.25, 0.3) is 10.2 Å². The molecule has 1 amide bonds. The Bertz CT molecular complexity index is 1070. The van der Waals surface area contributed by atoms with Crippen LogP contribution in [0.3, 0.4) is 0 Å². The van der Waals surface area contributed by atoms with E-state index in [9.17, 15) is 19.3 Å². The molecule has 0 aliphatic heterocycles. The maximum absolute atomic E-state index is 14.0. The summed E-state index contributed by atoms with van der Waals surface area (Å²) in [6.07, 6.45) is 5.30. The fraction of sp³-hybridized carbons (Fsp3) is 0.0667. The summed E-state index contributed by atoms with van der Waals surface area (Å²) in [7, 11) is 0. The molecule has 0 fully saturated rings. The highest BCUT2D eigenvalue weighted by atomic mass is 32.1. The van der Waals surface area contributed by atoms with Crippen LogP contribution in [-0.2, 0) is 6.54 Å². The van der Waals surface area contributed by atoms with Crippen molar-refractivity contribution in [2.45, 2.75) is 6.54 Å². The zero-order valence-corrected chi connectivity index (χ0v) is 12.7. The average Bonchev–Trinajstić information content (AvgIpc) is 3.14. The molecule has 24 heavy (non-hydrogen) atoms. The first-order valence-electron chi connectivity index (χ1n) is 6.56. The van der Waals surface area contributed by atoms with Gasteiger partial charge in [0.2, 0.25) is 5.76 Å². The van der Waals surface area contributed by atoms with Gasteiger partial charge in [0.1, 0.15) is 10.7 Å². The number of para-hydroxylation sites is 1. The van der Waals surface area contributed by atoms with E-state index in [2.05, 4.69) is 10.9 Å². The van der Waals surface area contributed by atoms with Gasteiger partial charge in [-0.15, -0.1) is 6.42 Å². The van der Waals surface area contributed by atoms with Gasteiger partial charge in [0.05, 0.1) is 22.8 Å². The van der Waals surface area contributed by atoms with Gasteiger partial charge in [-0.3, -0.25) is 14.9 Å². The van der Waals surface area contributed by atoms with Crippen molar-refractivity contribution in [3.8, 4) is 12.3 Å². The first kappa shape index (κ1) is 15.6. The Morgan fingerprint density at radius 1 is 1.46 bits per heavy atom. The van der Waals surface area contributed by atoms with Crippen LogP contribution in [0.15, 0.2) is 39.7 Å². The van der Waals surface area contributed by atoms with Gasteiger partial charge in [0.15, 0.2) is 4.80 Å². The van der Waals surface area contributed by atoms with E-state index in [0.29, 0.717) is 4.70 Å². The van der Waals surface area contributed by atoms with Crippen LogP contribution in [0.1, 0.15) is 10.6 Å². The van der Waals surface area contributed by atoms with E-state index >= 15 is 0 Å². The summed E-state index contributed by atoms with van der Waals surface area (Å²) in [6, 6.07) is 6.71. The van der Waals surface area contributed by atoms with Gasteiger partial charge >= 0.3 is 11.8 Å². The van der Waals surface area contributed by atoms with E-state index in [1.54, 1.807) is 6.07 Å². The summed E-state index contributed by atoms with van der Waals surface area (Å²) in [5.74, 6) is 0.230. The van der Waals surface area contributed by atoms with Crippen LogP contribution >= 0.6 is 11.3 Å². The zero-order valence-electron chi connectivity index (χ0n) is 11.9. The van der Waals surface area contributed by atoms with Crippen molar-refractivity contribution >= 4 is 33.3 Å². The van der Waals surface area contributed by atoms with Crippen molar-refractivity contribution < 1.29 is 18.5 Å². The van der Waals surface area contributed by atoms with E-state index in [4.69, 9.17) is 10.8 Å². The molecule has 2 aromatic heterocycles. The average molecular weight is 345 g/mol. The molecule has 0 saturated carbocycles. The standard InChI is InChI=1S/C15H8FN3O4S/c1-2-8-18-13-9(16)4-3-5-11(13)24-15(18)17-14(20)10-6-7-12(23-10)19(21)22/h1,3-7H,8H2. The molecular weight excluding hydrogens is 337 g/mol. The molecule has 0 saturated heterocycles. The third kappa shape index (κ3) is 2.70. The predicted octanol–water partition coefficient (Wildman–Crippen LogP) is 2.72. The molecule has 0 radical (unpaired) electrons. The summed E-state index contributed by atoms with van der Waals surface area (Å²) in [5, 5.41) is 10.6. The maximum atomic E-state index is 14.0. The highest BCUT2D eigenvalue weighted by molar-refractivity contribution is 7.16. The molecule has 0 N–H and O–H groups in total. The van der Waals surface area contributed by atoms with Gasteiger partial charge in [0.25, 0.3) is 0 Å². The number of nitrogens with zero attached hydrogens (tertiary/aromatic N) is 3. The molecular formula is C15H8FN3O4S. The lowest BCUT2D eigenvalue weighted by molar-refractivity contribution is -0.402. The topological polar surface area (TPSA) is 90.6 Å². The Morgan fingerprint density at radius 3 is 2.92 bits per heavy atom. The number of nitro groups is 1. The van der Waals surface area contributed by atoms with Crippen LogP contribution in [0.5, 0.6) is 0 Å². The lowest BCUT2D eigenvalue weighted by Crippen LogP contribution is -2.16. The number of aromatic nitrogens is 1. The fourth-order valence-electron chi connectivity index (χ4n) is 2.09. The van der Waals surface area contributed by atoms with Crippen molar-refractivity contribution in [2.24, 2.45) is 4.99 Å². The second kappa shape index (κ2) is 6.10. The van der Waals surface area contributed by atoms with E-state index in [1.807, 2.05) is 0 Å². The van der Waals surface area contributed by atoms with E-state index in [0.717, 1.165) is 23.5 Å². The van der Waals surface area contributed by atoms with Gasteiger partial charge in [-0.2, -0.15) is 4.99 Å². The van der Waals surface area contributed by atoms with Crippen molar-refractivity contribution in [1.29, 1.82) is 0 Å². The molecule has 120 valence electrons. The second-order valence-electron chi connectivity index (χ2n) is 4.57. The van der Waals surface area contributed by atoms with Crippen LogP contribution in [0.4, 0.5) is 10.3 Å². The number of amides is 1. The normalized spacial score (nSPS) is 11.6. The minimum Gasteiger partial charge on any atom is -0.395 e. The SMILES string of the molecule is C#CCn1c(=NC(=O)c2ccc([N+](=O)[O-])o2)sc2cccc(F)c21. The van der Waals surface area contributed by atoms with E-state index in [1.165, 1.54) is 16.7 Å². The molecule has 0 aliphatic carbocycles. The number of carbonyl (C=O) groups excluding carboxylic acids is 1. The van der Waals surface area contributed by atoms with Crippen LogP contribution in [0, 0.1) is 28.3 Å². The zero-order chi connectivity index (χ0) is 17.3. The Hall–Kier alpha value is -3.25. The Morgan fingerprint density at radius 2 is 2.25 bits per heavy atom. The summed E-state index contributed by atoms with van der Waals surface area (Å²) in [5.41, 5.74) is 0.248. The number of hydrogen-bond acceptors (Lipinski definition) is 5. The molecule has 0 spiro atoms. The minimum absolute atomic E-state index is 0.0192. The molecule has 0 unspecified atom stereocenters. The fourth-order valence-corrected chi connectivity index (χ4v) is 3.14. The third-order valence-electron chi connectivity index (χ3n) is 3.08. The highest BCUT2D eigenvalue weighted by Gasteiger charge is 2.18. The summed E-state index contributed by atoms with van der Waals surface area (Å²) < 4.78 is 20.8. The molecule has 0 aliphatic rings. The first-order valence-corrected chi connectivity index (χ1v) is 7.37. The molecule has 0 bridgehead atoms. The molecule has 3 rings (SSSR count). The molecule has 3 aromatic rings. The van der Waals surface area contributed by atoms with Gasteiger partial charge in [0, 0.05) is 0 Å². The molecule has 1 aromatic carbocycles. The minimum atomic E-state index is -0.819. The maximum Gasteiger partial charge on any atom is 0.433 e. The molecule has 9 heteroatoms. The number of furan rings is 1. The molecule has 0 atom stereocenters. The largest absolute Gasteiger partial charge is 0.433 e. The van der Waals surface area contributed by atoms with Crippen molar-refractivity contribution in [2.75, 3.05) is 0 Å². The first-order chi connectivity index (χ1) is 11.5. The molecule has 7 nitrogen and oxygen atoms in total. The Kier molecular flexibility index (Phi) is 3.97. The second-order valence-corrected chi connectivity index (χ2v) is 5.58. The lowest BCUT2D eigenvalue weighted by Gasteiger charge is -2.00. The third-order valence-corrected chi connectivity index (χ3v) is 4.12. The quantitative estimate of drug-likeness (QED) is 0.415. The summed E-state index contributed by atoms with van der Waals surface area (Å²) in [6.45, 7) is 0.0192. The number of carbonyl (C=O) groups is 1. The number of hydrogen-bond donors (Lipinski definition) is 0. The number of thiazole rings is 1. The van der Waals surface area contributed by atoms with Gasteiger partial charge in [-0.25, -0.2) is 4.39 Å². The van der Waals surface area contributed by atoms with E-state index < -0.39 is 22.5 Å². The summed E-state index contributed by atoms with van der Waals surface area (Å²) >= 11 is 1.08. The van der Waals surface area contributed by atoms with Crippen molar-refractivity contribution in [1.82, 2.24) is 4.57 Å². The van der Waals surface area contributed by atoms with E-state index in [-0.39, 0.29) is 22.6 Å². The Balaban J connectivity index is 2.13. The monoisotopic (exact) mass is 345 g/mol. The number of terminal acetylenes is 1. The van der Waals surface area contributed by atoms with Crippen molar-refractivity contribution in [3.05, 3.63) is 56.8 Å². The van der Waals surface area contributed by atoms with Gasteiger partial charge < -0.3 is 8.98 Å². The highest BCUT2D eigenvalue weighted by Crippen LogP contribution is 2.21. The lowest BCUT2D eigenvalue weighted by atomic mass is 10.3. The smallest absolute Gasteiger partial charge is 0.395 e.